The van der Waals surface area contributed by atoms with E-state index in [1.807, 2.05) is 25.1 Å². The molecule has 0 spiro atoms. The number of hydrogen-bond donors (Lipinski definition) is 1. The van der Waals surface area contributed by atoms with Crippen LogP contribution in [0.3, 0.4) is 0 Å². The maximum atomic E-state index is 12.4. The van der Waals surface area contributed by atoms with Crippen molar-refractivity contribution < 1.29 is 9.53 Å². The van der Waals surface area contributed by atoms with Crippen molar-refractivity contribution in [3.05, 3.63) is 29.3 Å². The summed E-state index contributed by atoms with van der Waals surface area (Å²) in [4.78, 5) is 14.8. The number of rotatable bonds is 3. The quantitative estimate of drug-likeness (QED) is 0.924. The van der Waals surface area contributed by atoms with Crippen LogP contribution in [0.25, 0.3) is 0 Å². The molecule has 114 valence electrons. The number of piperazine rings is 1. The van der Waals surface area contributed by atoms with Gasteiger partial charge < -0.3 is 15.0 Å². The SMILES string of the molecule is Cc1ccc2c(c1)OC(C)(CCN1CCNCC1)CC2=O. The van der Waals surface area contributed by atoms with Crippen LogP contribution in [-0.2, 0) is 0 Å². The summed E-state index contributed by atoms with van der Waals surface area (Å²) < 4.78 is 6.20. The number of Topliss-reactive ketones (excluding diaryl/α,β-unsaturated/α-hetero) is 1. The average molecular weight is 288 g/mol. The van der Waals surface area contributed by atoms with Gasteiger partial charge in [0.25, 0.3) is 0 Å². The van der Waals surface area contributed by atoms with Gasteiger partial charge in [-0.3, -0.25) is 4.79 Å². The summed E-state index contributed by atoms with van der Waals surface area (Å²) >= 11 is 0. The van der Waals surface area contributed by atoms with Crippen molar-refractivity contribution in [1.29, 1.82) is 0 Å². The molecule has 0 amide bonds. The van der Waals surface area contributed by atoms with Gasteiger partial charge in [0.2, 0.25) is 0 Å². The second-order valence-electron chi connectivity index (χ2n) is 6.49. The predicted octanol–water partition coefficient (Wildman–Crippen LogP) is 2.01. The normalized spacial score (nSPS) is 26.3. The molecule has 4 heteroatoms. The van der Waals surface area contributed by atoms with Gasteiger partial charge in [0, 0.05) is 32.7 Å². The Morgan fingerprint density at radius 1 is 1.33 bits per heavy atom. The first-order valence-electron chi connectivity index (χ1n) is 7.82. The fourth-order valence-electron chi connectivity index (χ4n) is 3.15. The van der Waals surface area contributed by atoms with Crippen LogP contribution in [0.1, 0.15) is 35.7 Å². The maximum Gasteiger partial charge on any atom is 0.170 e. The number of ether oxygens (including phenoxy) is 1. The zero-order valence-corrected chi connectivity index (χ0v) is 12.9. The molecular formula is C17H24N2O2. The molecule has 0 aromatic heterocycles. The van der Waals surface area contributed by atoms with E-state index < -0.39 is 0 Å². The van der Waals surface area contributed by atoms with E-state index in [4.69, 9.17) is 4.74 Å². The van der Waals surface area contributed by atoms with Gasteiger partial charge in [-0.05, 0) is 38.0 Å². The minimum absolute atomic E-state index is 0.207. The van der Waals surface area contributed by atoms with E-state index in [0.717, 1.165) is 56.0 Å². The summed E-state index contributed by atoms with van der Waals surface area (Å²) in [6.45, 7) is 9.36. The molecule has 1 unspecified atom stereocenters. The van der Waals surface area contributed by atoms with Crippen LogP contribution in [0.5, 0.6) is 5.75 Å². The van der Waals surface area contributed by atoms with Crippen molar-refractivity contribution in [3.8, 4) is 5.75 Å². The molecule has 1 aromatic rings. The van der Waals surface area contributed by atoms with Gasteiger partial charge in [0.15, 0.2) is 5.78 Å². The van der Waals surface area contributed by atoms with Crippen molar-refractivity contribution >= 4 is 5.78 Å². The van der Waals surface area contributed by atoms with E-state index in [0.29, 0.717) is 6.42 Å². The number of nitrogens with one attached hydrogen (secondary N) is 1. The van der Waals surface area contributed by atoms with Crippen molar-refractivity contribution in [2.24, 2.45) is 0 Å². The van der Waals surface area contributed by atoms with Gasteiger partial charge in [0.05, 0.1) is 12.0 Å². The molecule has 2 heterocycles. The molecule has 0 aliphatic carbocycles. The van der Waals surface area contributed by atoms with Crippen molar-refractivity contribution in [2.75, 3.05) is 32.7 Å². The Balaban J connectivity index is 1.69. The highest BCUT2D eigenvalue weighted by molar-refractivity contribution is 6.00. The van der Waals surface area contributed by atoms with E-state index in [2.05, 4.69) is 17.1 Å². The highest BCUT2D eigenvalue weighted by Gasteiger charge is 2.36. The van der Waals surface area contributed by atoms with Crippen LogP contribution in [0.4, 0.5) is 0 Å². The lowest BCUT2D eigenvalue weighted by atomic mass is 9.88. The summed E-state index contributed by atoms with van der Waals surface area (Å²) in [5.41, 5.74) is 1.50. The Bertz CT molecular complexity index is 538. The highest BCUT2D eigenvalue weighted by atomic mass is 16.5. The van der Waals surface area contributed by atoms with E-state index in [9.17, 15) is 4.79 Å². The molecule has 2 aliphatic rings. The lowest BCUT2D eigenvalue weighted by molar-refractivity contribution is 0.0387. The Hall–Kier alpha value is -1.39. The molecule has 1 fully saturated rings. The van der Waals surface area contributed by atoms with Crippen LogP contribution in [-0.4, -0.2) is 49.0 Å². The first-order valence-corrected chi connectivity index (χ1v) is 7.82. The van der Waals surface area contributed by atoms with E-state index in [1.54, 1.807) is 0 Å². The smallest absolute Gasteiger partial charge is 0.170 e. The maximum absolute atomic E-state index is 12.4. The highest BCUT2D eigenvalue weighted by Crippen LogP contribution is 2.35. The zero-order chi connectivity index (χ0) is 14.9. The number of nitrogens with zero attached hydrogens (tertiary/aromatic N) is 1. The number of carbonyl (C=O) groups is 1. The molecule has 3 rings (SSSR count). The largest absolute Gasteiger partial charge is 0.486 e. The summed E-state index contributed by atoms with van der Waals surface area (Å²) in [5, 5.41) is 3.36. The molecule has 0 bridgehead atoms. The summed E-state index contributed by atoms with van der Waals surface area (Å²) in [7, 11) is 0. The van der Waals surface area contributed by atoms with Crippen molar-refractivity contribution in [3.63, 3.8) is 0 Å². The first kappa shape index (κ1) is 14.5. The lowest BCUT2D eigenvalue weighted by Crippen LogP contribution is -2.47. The van der Waals surface area contributed by atoms with Crippen LogP contribution in [0.15, 0.2) is 18.2 Å². The average Bonchev–Trinajstić information content (AvgIpc) is 2.46. The van der Waals surface area contributed by atoms with Gasteiger partial charge in [-0.2, -0.15) is 0 Å². The Labute approximate surface area is 126 Å². The van der Waals surface area contributed by atoms with Crippen LogP contribution in [0.2, 0.25) is 0 Å². The number of benzene rings is 1. The number of ketones is 1. The van der Waals surface area contributed by atoms with E-state index >= 15 is 0 Å². The Morgan fingerprint density at radius 3 is 2.86 bits per heavy atom. The number of fused-ring (bicyclic) bond motifs is 1. The van der Waals surface area contributed by atoms with Gasteiger partial charge in [-0.25, -0.2) is 0 Å². The number of hydrogen-bond acceptors (Lipinski definition) is 4. The molecular weight excluding hydrogens is 264 g/mol. The second kappa shape index (κ2) is 5.78. The van der Waals surface area contributed by atoms with E-state index in [1.165, 1.54) is 0 Å². The monoisotopic (exact) mass is 288 g/mol. The van der Waals surface area contributed by atoms with Crippen LogP contribution < -0.4 is 10.1 Å². The summed E-state index contributed by atoms with van der Waals surface area (Å²) in [6, 6.07) is 5.85. The van der Waals surface area contributed by atoms with Crippen molar-refractivity contribution in [2.45, 2.75) is 32.3 Å². The predicted molar refractivity (Wildman–Crippen MR) is 83.1 cm³/mol. The molecule has 4 nitrogen and oxygen atoms in total. The van der Waals surface area contributed by atoms with E-state index in [-0.39, 0.29) is 11.4 Å². The topological polar surface area (TPSA) is 41.6 Å². The van der Waals surface area contributed by atoms with Crippen LogP contribution >= 0.6 is 0 Å². The van der Waals surface area contributed by atoms with Gasteiger partial charge in [-0.15, -0.1) is 0 Å². The fraction of sp³-hybridized carbons (Fsp3) is 0.588. The zero-order valence-electron chi connectivity index (χ0n) is 12.9. The minimum atomic E-state index is -0.372. The number of aryl methyl sites for hydroxylation is 1. The third-order valence-electron chi connectivity index (χ3n) is 4.49. The lowest BCUT2D eigenvalue weighted by Gasteiger charge is -2.37. The molecule has 1 atom stereocenters. The molecule has 2 aliphatic heterocycles. The summed E-state index contributed by atoms with van der Waals surface area (Å²) in [5.74, 6) is 0.966. The Morgan fingerprint density at radius 2 is 2.10 bits per heavy atom. The first-order chi connectivity index (χ1) is 10.1. The van der Waals surface area contributed by atoms with Crippen LogP contribution in [0, 0.1) is 6.92 Å². The standard InChI is InChI=1S/C17H24N2O2/c1-13-3-4-14-15(20)12-17(2,21-16(14)11-13)5-8-19-9-6-18-7-10-19/h3-4,11,18H,5-10,12H2,1-2H3. The molecule has 0 radical (unpaired) electrons. The third kappa shape index (κ3) is 3.27. The van der Waals surface area contributed by atoms with Gasteiger partial charge in [0.1, 0.15) is 11.4 Å². The fourth-order valence-corrected chi connectivity index (χ4v) is 3.15. The molecule has 1 saturated heterocycles. The molecule has 1 aromatic carbocycles. The molecule has 0 saturated carbocycles. The minimum Gasteiger partial charge on any atom is -0.486 e. The third-order valence-corrected chi connectivity index (χ3v) is 4.49. The number of carbonyl (C=O) groups excluding carboxylic acids is 1. The summed E-state index contributed by atoms with van der Waals surface area (Å²) in [6.07, 6.45) is 1.38. The Kier molecular flexibility index (Phi) is 4.00. The van der Waals surface area contributed by atoms with Gasteiger partial charge in [-0.1, -0.05) is 6.07 Å². The molecule has 1 N–H and O–H groups in total. The molecule has 21 heavy (non-hydrogen) atoms. The van der Waals surface area contributed by atoms with Gasteiger partial charge >= 0.3 is 0 Å². The van der Waals surface area contributed by atoms with Crippen molar-refractivity contribution in [1.82, 2.24) is 10.2 Å². The second-order valence-corrected chi connectivity index (χ2v) is 6.49.